The zero-order valence-corrected chi connectivity index (χ0v) is 15.2. The lowest BCUT2D eigenvalue weighted by Gasteiger charge is -2.08. The number of aryl methyl sites for hydroxylation is 1. The summed E-state index contributed by atoms with van der Waals surface area (Å²) >= 11 is 0. The van der Waals surface area contributed by atoms with Crippen LogP contribution in [0.5, 0.6) is 0 Å². The highest BCUT2D eigenvalue weighted by Gasteiger charge is 2.08. The van der Waals surface area contributed by atoms with Gasteiger partial charge >= 0.3 is 0 Å². The number of imidazole rings is 1. The zero-order valence-electron chi connectivity index (χ0n) is 15.2. The lowest BCUT2D eigenvalue weighted by Crippen LogP contribution is -2.09. The molecule has 0 aliphatic heterocycles. The van der Waals surface area contributed by atoms with Gasteiger partial charge in [-0.2, -0.15) is 4.98 Å². The van der Waals surface area contributed by atoms with Crippen molar-refractivity contribution in [2.75, 3.05) is 11.9 Å². The van der Waals surface area contributed by atoms with E-state index in [-0.39, 0.29) is 10.6 Å². The molecule has 0 aliphatic rings. The average Bonchev–Trinajstić information content (AvgIpc) is 3.11. The molecular weight excluding hydrogens is 356 g/mol. The topological polar surface area (TPSA) is 98.8 Å². The van der Waals surface area contributed by atoms with Crippen molar-refractivity contribution in [3.63, 3.8) is 0 Å². The number of fused-ring (bicyclic) bond motifs is 1. The molecule has 0 amide bonds. The molecule has 1 N–H and O–H groups in total. The fourth-order valence-corrected chi connectivity index (χ4v) is 3.02. The first-order chi connectivity index (χ1) is 13.6. The number of hydrogen-bond acceptors (Lipinski definition) is 6. The average molecular weight is 374 g/mol. The molecule has 0 saturated carbocycles. The van der Waals surface area contributed by atoms with Gasteiger partial charge < -0.3 is 5.32 Å². The second-order valence-electron chi connectivity index (χ2n) is 6.45. The largest absolute Gasteiger partial charge is 0.354 e. The molecule has 2 aromatic carbocycles. The first-order valence-corrected chi connectivity index (χ1v) is 8.84. The van der Waals surface area contributed by atoms with E-state index in [1.807, 2.05) is 41.8 Å². The number of hydrogen-bond donors (Lipinski definition) is 1. The molecule has 4 aromatic rings. The monoisotopic (exact) mass is 374 g/mol. The molecule has 2 heterocycles. The summed E-state index contributed by atoms with van der Waals surface area (Å²) in [5.41, 5.74) is 4.03. The van der Waals surface area contributed by atoms with Gasteiger partial charge in [0.2, 0.25) is 5.95 Å². The molecule has 0 aliphatic carbocycles. The summed E-state index contributed by atoms with van der Waals surface area (Å²) in [6.45, 7) is 2.60. The van der Waals surface area contributed by atoms with Crippen LogP contribution in [-0.4, -0.2) is 31.0 Å². The first kappa shape index (κ1) is 17.6. The predicted molar refractivity (Wildman–Crippen MR) is 107 cm³/mol. The molecule has 0 bridgehead atoms. The van der Waals surface area contributed by atoms with Crippen LogP contribution in [0.3, 0.4) is 0 Å². The van der Waals surface area contributed by atoms with Crippen molar-refractivity contribution in [3.8, 4) is 5.82 Å². The fourth-order valence-electron chi connectivity index (χ4n) is 3.02. The first-order valence-electron chi connectivity index (χ1n) is 8.84. The Morgan fingerprint density at radius 3 is 2.89 bits per heavy atom. The Hall–Kier alpha value is -3.81. The molecule has 8 heteroatoms. The Labute approximate surface area is 161 Å². The Bertz CT molecular complexity index is 1150. The van der Waals surface area contributed by atoms with Gasteiger partial charge in [-0.15, -0.1) is 0 Å². The van der Waals surface area contributed by atoms with Crippen LogP contribution in [0.15, 0.2) is 61.1 Å². The Kier molecular flexibility index (Phi) is 4.67. The van der Waals surface area contributed by atoms with Gasteiger partial charge in [0.1, 0.15) is 12.1 Å². The minimum Gasteiger partial charge on any atom is -0.354 e. The van der Waals surface area contributed by atoms with Gasteiger partial charge in [-0.05, 0) is 42.7 Å². The minimum absolute atomic E-state index is 0.0953. The maximum atomic E-state index is 10.9. The smallest absolute Gasteiger partial charge is 0.269 e. The van der Waals surface area contributed by atoms with Crippen LogP contribution >= 0.6 is 0 Å². The normalized spacial score (nSPS) is 10.9. The highest BCUT2D eigenvalue weighted by Crippen LogP contribution is 2.18. The molecule has 0 atom stereocenters. The number of nitro benzene ring substituents is 1. The number of rotatable bonds is 6. The molecule has 0 spiro atoms. The van der Waals surface area contributed by atoms with Gasteiger partial charge in [-0.1, -0.05) is 18.2 Å². The number of aromatic nitrogens is 4. The summed E-state index contributed by atoms with van der Waals surface area (Å²) in [4.78, 5) is 23.7. The number of nitrogens with zero attached hydrogens (tertiary/aromatic N) is 5. The maximum absolute atomic E-state index is 10.9. The molecular formula is C20H18N6O2. The van der Waals surface area contributed by atoms with Crippen LogP contribution in [0.1, 0.15) is 11.1 Å². The van der Waals surface area contributed by atoms with Crippen LogP contribution in [0, 0.1) is 17.0 Å². The number of nitrogens with one attached hydrogen (secondary N) is 1. The van der Waals surface area contributed by atoms with E-state index in [2.05, 4.69) is 20.3 Å². The van der Waals surface area contributed by atoms with Crippen molar-refractivity contribution in [2.45, 2.75) is 13.3 Å². The highest BCUT2D eigenvalue weighted by molar-refractivity contribution is 5.77. The number of anilines is 1. The third-order valence-electron chi connectivity index (χ3n) is 4.41. The quantitative estimate of drug-likeness (QED) is 0.408. The maximum Gasteiger partial charge on any atom is 0.269 e. The van der Waals surface area contributed by atoms with Crippen LogP contribution in [-0.2, 0) is 6.42 Å². The SMILES string of the molecule is Cc1ccc2c(c1)ncn2-c1ccnc(NCCc2cccc([N+](=O)[O-])c2)n1. The van der Waals surface area contributed by atoms with Gasteiger partial charge in [0, 0.05) is 24.9 Å². The predicted octanol–water partition coefficient (Wildman–Crippen LogP) is 3.69. The lowest BCUT2D eigenvalue weighted by molar-refractivity contribution is -0.384. The molecule has 4 rings (SSSR count). The Morgan fingerprint density at radius 2 is 2.04 bits per heavy atom. The molecule has 140 valence electrons. The number of benzene rings is 2. The fraction of sp³-hybridized carbons (Fsp3) is 0.150. The van der Waals surface area contributed by atoms with Gasteiger partial charge in [0.05, 0.1) is 16.0 Å². The second-order valence-corrected chi connectivity index (χ2v) is 6.45. The Morgan fingerprint density at radius 1 is 1.14 bits per heavy atom. The van der Waals surface area contributed by atoms with Crippen LogP contribution in [0.25, 0.3) is 16.9 Å². The van der Waals surface area contributed by atoms with Crippen molar-refractivity contribution in [3.05, 3.63) is 82.3 Å². The van der Waals surface area contributed by atoms with Crippen molar-refractivity contribution < 1.29 is 4.92 Å². The molecule has 2 aromatic heterocycles. The molecule has 0 unspecified atom stereocenters. The summed E-state index contributed by atoms with van der Waals surface area (Å²) in [6.07, 6.45) is 4.07. The van der Waals surface area contributed by atoms with E-state index in [9.17, 15) is 10.1 Å². The number of non-ortho nitro benzene ring substituents is 1. The van der Waals surface area contributed by atoms with Crippen molar-refractivity contribution in [1.29, 1.82) is 0 Å². The van der Waals surface area contributed by atoms with Crippen molar-refractivity contribution >= 4 is 22.7 Å². The molecule has 28 heavy (non-hydrogen) atoms. The van der Waals surface area contributed by atoms with E-state index in [0.717, 1.165) is 28.0 Å². The second kappa shape index (κ2) is 7.43. The van der Waals surface area contributed by atoms with Gasteiger partial charge in [-0.3, -0.25) is 14.7 Å². The van der Waals surface area contributed by atoms with E-state index in [1.54, 1.807) is 24.7 Å². The minimum atomic E-state index is -0.388. The van der Waals surface area contributed by atoms with E-state index in [1.165, 1.54) is 6.07 Å². The van der Waals surface area contributed by atoms with Gasteiger partial charge in [0.15, 0.2) is 0 Å². The molecule has 0 fully saturated rings. The van der Waals surface area contributed by atoms with Gasteiger partial charge in [-0.25, -0.2) is 9.97 Å². The standard InChI is InChI=1S/C20H18N6O2/c1-14-5-6-18-17(11-14)23-13-25(18)19-8-10-22-20(24-19)21-9-7-15-3-2-4-16(12-15)26(27)28/h2-6,8,10-13H,7,9H2,1H3,(H,21,22,24). The third kappa shape index (κ3) is 3.66. The summed E-state index contributed by atoms with van der Waals surface area (Å²) in [5.74, 6) is 1.22. The van der Waals surface area contributed by atoms with Gasteiger partial charge in [0.25, 0.3) is 5.69 Å². The summed E-state index contributed by atoms with van der Waals surface area (Å²) < 4.78 is 1.92. The van der Waals surface area contributed by atoms with E-state index in [0.29, 0.717) is 18.9 Å². The van der Waals surface area contributed by atoms with E-state index >= 15 is 0 Å². The summed E-state index contributed by atoms with van der Waals surface area (Å²) in [7, 11) is 0. The van der Waals surface area contributed by atoms with Crippen LogP contribution < -0.4 is 5.32 Å². The Balaban J connectivity index is 1.48. The van der Waals surface area contributed by atoms with Crippen LogP contribution in [0.2, 0.25) is 0 Å². The lowest BCUT2D eigenvalue weighted by atomic mass is 10.1. The number of nitro groups is 1. The van der Waals surface area contributed by atoms with E-state index < -0.39 is 0 Å². The van der Waals surface area contributed by atoms with Crippen molar-refractivity contribution in [2.24, 2.45) is 0 Å². The molecule has 8 nitrogen and oxygen atoms in total. The third-order valence-corrected chi connectivity index (χ3v) is 4.41. The highest BCUT2D eigenvalue weighted by atomic mass is 16.6. The molecule has 0 radical (unpaired) electrons. The zero-order chi connectivity index (χ0) is 19.5. The summed E-state index contributed by atoms with van der Waals surface area (Å²) in [5, 5.41) is 14.0. The van der Waals surface area contributed by atoms with Crippen LogP contribution in [0.4, 0.5) is 11.6 Å². The molecule has 0 saturated heterocycles. The van der Waals surface area contributed by atoms with Crippen molar-refractivity contribution in [1.82, 2.24) is 19.5 Å². The summed E-state index contributed by atoms with van der Waals surface area (Å²) in [6, 6.07) is 14.5. The van der Waals surface area contributed by atoms with E-state index in [4.69, 9.17) is 0 Å².